The van der Waals surface area contributed by atoms with Crippen molar-refractivity contribution in [2.45, 2.75) is 26.2 Å². The van der Waals surface area contributed by atoms with Crippen LogP contribution in [0, 0.1) is 0 Å². The van der Waals surface area contributed by atoms with Crippen molar-refractivity contribution in [2.75, 3.05) is 5.73 Å². The third kappa shape index (κ3) is 2.03. The van der Waals surface area contributed by atoms with Crippen molar-refractivity contribution in [3.8, 4) is 0 Å². The molecule has 7 nitrogen and oxygen atoms in total. The number of fused-ring (bicyclic) bond motifs is 1. The van der Waals surface area contributed by atoms with E-state index < -0.39 is 5.97 Å². The molecule has 0 bridgehead atoms. The zero-order chi connectivity index (χ0) is 12.4. The number of hydrogen-bond donors (Lipinski definition) is 2. The lowest BCUT2D eigenvalue weighted by atomic mass is 10.1. The van der Waals surface area contributed by atoms with Crippen molar-refractivity contribution in [3.63, 3.8) is 0 Å². The molecule has 3 N–H and O–H groups in total. The van der Waals surface area contributed by atoms with Gasteiger partial charge in [0.2, 0.25) is 0 Å². The Balaban J connectivity index is 2.50. The molecule has 0 unspecified atom stereocenters. The Morgan fingerprint density at radius 2 is 2.35 bits per heavy atom. The van der Waals surface area contributed by atoms with E-state index in [1.807, 2.05) is 6.92 Å². The number of nitrogens with two attached hydrogens (primary N) is 1. The minimum absolute atomic E-state index is 0.0269. The van der Waals surface area contributed by atoms with E-state index in [9.17, 15) is 4.79 Å². The van der Waals surface area contributed by atoms with Crippen molar-refractivity contribution in [1.29, 1.82) is 0 Å². The van der Waals surface area contributed by atoms with Gasteiger partial charge in [-0.15, -0.1) is 0 Å². The molecular formula is C10H13N5O2. The van der Waals surface area contributed by atoms with Gasteiger partial charge in [-0.25, -0.2) is 4.98 Å². The highest BCUT2D eigenvalue weighted by molar-refractivity contribution is 5.67. The van der Waals surface area contributed by atoms with Crippen LogP contribution in [0.3, 0.4) is 0 Å². The molecule has 0 spiro atoms. The fourth-order valence-electron chi connectivity index (χ4n) is 1.74. The van der Waals surface area contributed by atoms with Gasteiger partial charge in [-0.1, -0.05) is 6.92 Å². The first-order valence-electron chi connectivity index (χ1n) is 5.32. The molecule has 0 atom stereocenters. The van der Waals surface area contributed by atoms with Gasteiger partial charge < -0.3 is 10.8 Å². The SMILES string of the molecule is CCc1nc2ncnn2c(N)c1CCC(=O)O. The van der Waals surface area contributed by atoms with Gasteiger partial charge in [-0.3, -0.25) is 4.79 Å². The standard InChI is InChI=1S/C10H13N5O2/c1-2-7-6(3-4-8(16)17)9(11)15-10(14-7)12-5-13-15/h5H,2-4,11H2,1H3,(H,16,17). The summed E-state index contributed by atoms with van der Waals surface area (Å²) < 4.78 is 1.43. The van der Waals surface area contributed by atoms with E-state index in [1.165, 1.54) is 10.8 Å². The summed E-state index contributed by atoms with van der Waals surface area (Å²) in [5.74, 6) is 0.00849. The summed E-state index contributed by atoms with van der Waals surface area (Å²) in [6.07, 6.45) is 2.44. The molecule has 0 saturated carbocycles. The fourth-order valence-corrected chi connectivity index (χ4v) is 1.74. The van der Waals surface area contributed by atoms with Crippen LogP contribution in [0.15, 0.2) is 6.33 Å². The number of carboxylic acid groups (broad SMARTS) is 1. The summed E-state index contributed by atoms with van der Waals surface area (Å²) in [6, 6.07) is 0. The van der Waals surface area contributed by atoms with Gasteiger partial charge in [0.05, 0.1) is 5.69 Å². The number of rotatable bonds is 4. The molecule has 0 aromatic carbocycles. The number of aromatic nitrogens is 4. The highest BCUT2D eigenvalue weighted by Gasteiger charge is 2.14. The number of nitrogens with zero attached hydrogens (tertiary/aromatic N) is 4. The van der Waals surface area contributed by atoms with E-state index in [-0.39, 0.29) is 6.42 Å². The Labute approximate surface area is 97.3 Å². The maximum atomic E-state index is 10.6. The fraction of sp³-hybridized carbons (Fsp3) is 0.400. The molecule has 2 aromatic heterocycles. The molecule has 0 radical (unpaired) electrons. The van der Waals surface area contributed by atoms with Crippen molar-refractivity contribution in [1.82, 2.24) is 19.6 Å². The van der Waals surface area contributed by atoms with Crippen LogP contribution in [0.4, 0.5) is 5.82 Å². The van der Waals surface area contributed by atoms with E-state index >= 15 is 0 Å². The summed E-state index contributed by atoms with van der Waals surface area (Å²) in [7, 11) is 0. The van der Waals surface area contributed by atoms with E-state index in [4.69, 9.17) is 10.8 Å². The smallest absolute Gasteiger partial charge is 0.303 e. The second-order valence-electron chi connectivity index (χ2n) is 3.64. The largest absolute Gasteiger partial charge is 0.481 e. The molecule has 0 amide bonds. The zero-order valence-electron chi connectivity index (χ0n) is 9.42. The summed E-state index contributed by atoms with van der Waals surface area (Å²) in [5.41, 5.74) is 7.48. The maximum absolute atomic E-state index is 10.6. The molecule has 0 saturated heterocycles. The molecule has 2 rings (SSSR count). The lowest BCUT2D eigenvalue weighted by Gasteiger charge is -2.10. The highest BCUT2D eigenvalue weighted by Crippen LogP contribution is 2.18. The molecule has 0 aliphatic carbocycles. The highest BCUT2D eigenvalue weighted by atomic mass is 16.4. The average molecular weight is 235 g/mol. The maximum Gasteiger partial charge on any atom is 0.303 e. The zero-order valence-corrected chi connectivity index (χ0v) is 9.42. The summed E-state index contributed by atoms with van der Waals surface area (Å²) in [6.45, 7) is 1.94. The second-order valence-corrected chi connectivity index (χ2v) is 3.64. The van der Waals surface area contributed by atoms with Gasteiger partial charge in [0.15, 0.2) is 0 Å². The van der Waals surface area contributed by atoms with Crippen molar-refractivity contribution in [2.24, 2.45) is 0 Å². The first kappa shape index (κ1) is 11.3. The summed E-state index contributed by atoms with van der Waals surface area (Å²) in [5, 5.41) is 12.7. The number of hydrogen-bond acceptors (Lipinski definition) is 5. The van der Waals surface area contributed by atoms with Crippen molar-refractivity contribution in [3.05, 3.63) is 17.6 Å². The molecule has 17 heavy (non-hydrogen) atoms. The minimum atomic E-state index is -0.856. The van der Waals surface area contributed by atoms with Gasteiger partial charge in [0.25, 0.3) is 5.78 Å². The van der Waals surface area contributed by atoms with Crippen LogP contribution in [0.25, 0.3) is 5.78 Å². The number of carbonyl (C=O) groups is 1. The predicted octanol–water partition coefficient (Wildman–Crippen LogP) is 0.286. The van der Waals surface area contributed by atoms with Gasteiger partial charge in [-0.05, 0) is 12.8 Å². The molecular weight excluding hydrogens is 222 g/mol. The third-order valence-corrected chi connectivity index (χ3v) is 2.57. The number of carboxylic acids is 1. The summed E-state index contributed by atoms with van der Waals surface area (Å²) >= 11 is 0. The number of anilines is 1. The van der Waals surface area contributed by atoms with Crippen LogP contribution in [0.2, 0.25) is 0 Å². The topological polar surface area (TPSA) is 106 Å². The van der Waals surface area contributed by atoms with E-state index in [1.54, 1.807) is 0 Å². The normalized spacial score (nSPS) is 10.9. The molecule has 2 aromatic rings. The van der Waals surface area contributed by atoms with Gasteiger partial charge in [0, 0.05) is 12.0 Å². The first-order valence-corrected chi connectivity index (χ1v) is 5.32. The number of nitrogen functional groups attached to an aromatic ring is 1. The molecule has 2 heterocycles. The van der Waals surface area contributed by atoms with Gasteiger partial charge >= 0.3 is 5.97 Å². The number of aryl methyl sites for hydroxylation is 1. The van der Waals surface area contributed by atoms with Crippen LogP contribution in [-0.4, -0.2) is 30.7 Å². The average Bonchev–Trinajstić information content (AvgIpc) is 2.75. The van der Waals surface area contributed by atoms with Crippen LogP contribution in [-0.2, 0) is 17.6 Å². The molecule has 0 fully saturated rings. The van der Waals surface area contributed by atoms with Crippen molar-refractivity contribution < 1.29 is 9.90 Å². The Morgan fingerprint density at radius 3 is 3.00 bits per heavy atom. The lowest BCUT2D eigenvalue weighted by molar-refractivity contribution is -0.136. The van der Waals surface area contributed by atoms with Crippen LogP contribution in [0.5, 0.6) is 0 Å². The first-order chi connectivity index (χ1) is 8.13. The minimum Gasteiger partial charge on any atom is -0.481 e. The lowest BCUT2D eigenvalue weighted by Crippen LogP contribution is -2.11. The molecule has 0 aliphatic rings. The van der Waals surface area contributed by atoms with E-state index in [2.05, 4.69) is 15.1 Å². The van der Waals surface area contributed by atoms with Crippen molar-refractivity contribution >= 4 is 17.6 Å². The van der Waals surface area contributed by atoms with E-state index in [0.29, 0.717) is 24.4 Å². The molecule has 0 aliphatic heterocycles. The Hall–Kier alpha value is -2.18. The quantitative estimate of drug-likeness (QED) is 0.788. The van der Waals surface area contributed by atoms with E-state index in [0.717, 1.165) is 11.3 Å². The number of aliphatic carboxylic acids is 1. The molecule has 7 heteroatoms. The Kier molecular flexibility index (Phi) is 2.90. The molecule has 90 valence electrons. The Bertz CT molecular complexity index is 563. The third-order valence-electron chi connectivity index (χ3n) is 2.57. The van der Waals surface area contributed by atoms with Crippen LogP contribution in [0.1, 0.15) is 24.6 Å². The van der Waals surface area contributed by atoms with Crippen LogP contribution >= 0.6 is 0 Å². The van der Waals surface area contributed by atoms with Gasteiger partial charge in [-0.2, -0.15) is 14.6 Å². The van der Waals surface area contributed by atoms with Crippen LogP contribution < -0.4 is 5.73 Å². The predicted molar refractivity (Wildman–Crippen MR) is 60.5 cm³/mol. The Morgan fingerprint density at radius 1 is 1.59 bits per heavy atom. The summed E-state index contributed by atoms with van der Waals surface area (Å²) in [4.78, 5) is 18.9. The second kappa shape index (κ2) is 4.36. The monoisotopic (exact) mass is 235 g/mol. The van der Waals surface area contributed by atoms with Gasteiger partial charge in [0.1, 0.15) is 12.1 Å².